The van der Waals surface area contributed by atoms with Crippen LogP contribution in [0.15, 0.2) is 37.1 Å². The zero-order valence-corrected chi connectivity index (χ0v) is 8.43. The highest BCUT2D eigenvalue weighted by atomic mass is 19.4. The monoisotopic (exact) mass is 225 g/mol. The molecule has 16 heavy (non-hydrogen) atoms. The number of fused-ring (bicyclic) bond motifs is 1. The molecular weight excluding hydrogens is 215 g/mol. The second kappa shape index (κ2) is 3.70. The number of nitrogens with one attached hydrogen (secondary N) is 1. The van der Waals surface area contributed by atoms with Crippen molar-refractivity contribution in [2.75, 3.05) is 0 Å². The minimum Gasteiger partial charge on any atom is -0.360 e. The van der Waals surface area contributed by atoms with Crippen molar-refractivity contribution in [3.8, 4) is 0 Å². The van der Waals surface area contributed by atoms with E-state index < -0.39 is 11.7 Å². The lowest BCUT2D eigenvalue weighted by Crippen LogP contribution is -2.05. The molecule has 4 heteroatoms. The molecule has 0 saturated heterocycles. The molecule has 0 atom stereocenters. The van der Waals surface area contributed by atoms with Gasteiger partial charge in [-0.05, 0) is 18.1 Å². The average molecular weight is 225 g/mol. The van der Waals surface area contributed by atoms with Crippen molar-refractivity contribution in [3.63, 3.8) is 0 Å². The number of halogens is 3. The first-order chi connectivity index (χ1) is 7.54. The minimum atomic E-state index is -4.32. The molecule has 0 spiro atoms. The van der Waals surface area contributed by atoms with Crippen LogP contribution in [0.4, 0.5) is 13.2 Å². The molecule has 1 nitrogen and oxygen atoms in total. The van der Waals surface area contributed by atoms with E-state index in [0.29, 0.717) is 11.8 Å². The summed E-state index contributed by atoms with van der Waals surface area (Å²) in [6.07, 6.45) is -0.498. The first kappa shape index (κ1) is 10.8. The molecule has 0 aliphatic carbocycles. The Balaban J connectivity index is 2.66. The molecule has 0 amide bonds. The van der Waals surface area contributed by atoms with Crippen LogP contribution < -0.4 is 0 Å². The maximum atomic E-state index is 12.7. The van der Waals surface area contributed by atoms with Crippen molar-refractivity contribution in [1.29, 1.82) is 0 Å². The average Bonchev–Trinajstić information content (AvgIpc) is 2.61. The highest BCUT2D eigenvalue weighted by Crippen LogP contribution is 2.35. The Bertz CT molecular complexity index is 523. The van der Waals surface area contributed by atoms with Gasteiger partial charge in [-0.3, -0.25) is 0 Å². The second-order valence-electron chi connectivity index (χ2n) is 3.53. The van der Waals surface area contributed by atoms with E-state index in [4.69, 9.17) is 0 Å². The SMILES string of the molecule is C=CCc1c[nH]c2c(C(F)(F)F)cccc12. The summed E-state index contributed by atoms with van der Waals surface area (Å²) in [7, 11) is 0. The van der Waals surface area contributed by atoms with Crippen molar-refractivity contribution >= 4 is 10.9 Å². The first-order valence-electron chi connectivity index (χ1n) is 4.81. The Morgan fingerprint density at radius 1 is 1.31 bits per heavy atom. The summed E-state index contributed by atoms with van der Waals surface area (Å²) >= 11 is 0. The molecule has 1 aromatic carbocycles. The number of rotatable bonds is 2. The number of aromatic nitrogens is 1. The molecule has 2 rings (SSSR count). The largest absolute Gasteiger partial charge is 0.418 e. The van der Waals surface area contributed by atoms with E-state index in [2.05, 4.69) is 11.6 Å². The van der Waals surface area contributed by atoms with Gasteiger partial charge in [-0.1, -0.05) is 18.2 Å². The Kier molecular flexibility index (Phi) is 2.50. The van der Waals surface area contributed by atoms with Gasteiger partial charge in [0.25, 0.3) is 0 Å². The fourth-order valence-corrected chi connectivity index (χ4v) is 1.77. The van der Waals surface area contributed by atoms with Gasteiger partial charge in [-0.15, -0.1) is 6.58 Å². The van der Waals surface area contributed by atoms with Gasteiger partial charge in [-0.2, -0.15) is 13.2 Å². The predicted octanol–water partition coefficient (Wildman–Crippen LogP) is 3.92. The maximum absolute atomic E-state index is 12.7. The number of para-hydroxylation sites is 1. The fraction of sp³-hybridized carbons (Fsp3) is 0.167. The summed E-state index contributed by atoms with van der Waals surface area (Å²) in [5.74, 6) is 0. The summed E-state index contributed by atoms with van der Waals surface area (Å²) in [6.45, 7) is 3.58. The standard InChI is InChI=1S/C12H10F3N/c1-2-4-8-7-16-11-9(8)5-3-6-10(11)12(13,14)15/h2-3,5-7,16H,1,4H2. The number of aromatic amines is 1. The van der Waals surface area contributed by atoms with Gasteiger partial charge in [0, 0.05) is 11.6 Å². The van der Waals surface area contributed by atoms with Crippen molar-refractivity contribution < 1.29 is 13.2 Å². The Hall–Kier alpha value is -1.71. The van der Waals surface area contributed by atoms with E-state index in [-0.39, 0.29) is 5.52 Å². The van der Waals surface area contributed by atoms with Crippen LogP contribution in [0.3, 0.4) is 0 Å². The highest BCUT2D eigenvalue weighted by molar-refractivity contribution is 5.86. The van der Waals surface area contributed by atoms with Crippen LogP contribution in [-0.4, -0.2) is 4.98 Å². The predicted molar refractivity (Wildman–Crippen MR) is 57.2 cm³/mol. The molecule has 1 aromatic heterocycles. The number of benzene rings is 1. The molecule has 1 heterocycles. The third-order valence-electron chi connectivity index (χ3n) is 2.47. The second-order valence-corrected chi connectivity index (χ2v) is 3.53. The van der Waals surface area contributed by atoms with E-state index in [1.165, 1.54) is 6.07 Å². The van der Waals surface area contributed by atoms with Gasteiger partial charge >= 0.3 is 6.18 Å². The lowest BCUT2D eigenvalue weighted by molar-refractivity contribution is -0.136. The van der Waals surface area contributed by atoms with Crippen LogP contribution in [0.2, 0.25) is 0 Å². The highest BCUT2D eigenvalue weighted by Gasteiger charge is 2.33. The fourth-order valence-electron chi connectivity index (χ4n) is 1.77. The third kappa shape index (κ3) is 1.71. The van der Waals surface area contributed by atoms with E-state index in [1.807, 2.05) is 0 Å². The zero-order chi connectivity index (χ0) is 11.8. The lowest BCUT2D eigenvalue weighted by Gasteiger charge is -2.07. The molecule has 1 N–H and O–H groups in total. The van der Waals surface area contributed by atoms with Crippen LogP contribution in [-0.2, 0) is 12.6 Å². The van der Waals surface area contributed by atoms with E-state index in [1.54, 1.807) is 18.3 Å². The Morgan fingerprint density at radius 3 is 2.69 bits per heavy atom. The van der Waals surface area contributed by atoms with Crippen molar-refractivity contribution in [2.45, 2.75) is 12.6 Å². The number of hydrogen-bond acceptors (Lipinski definition) is 0. The van der Waals surface area contributed by atoms with Crippen LogP contribution in [0.25, 0.3) is 10.9 Å². The molecule has 0 aliphatic heterocycles. The summed E-state index contributed by atoms with van der Waals surface area (Å²) in [6, 6.07) is 4.18. The summed E-state index contributed by atoms with van der Waals surface area (Å²) in [5, 5.41) is 0.606. The third-order valence-corrected chi connectivity index (χ3v) is 2.47. The minimum absolute atomic E-state index is 0.145. The number of H-pyrrole nitrogens is 1. The van der Waals surface area contributed by atoms with Crippen molar-refractivity contribution in [1.82, 2.24) is 4.98 Å². The summed E-state index contributed by atoms with van der Waals surface area (Å²) < 4.78 is 38.0. The molecule has 0 unspecified atom stereocenters. The molecular formula is C12H10F3N. The quantitative estimate of drug-likeness (QED) is 0.746. The van der Waals surface area contributed by atoms with Crippen LogP contribution >= 0.6 is 0 Å². The Morgan fingerprint density at radius 2 is 2.06 bits per heavy atom. The zero-order valence-electron chi connectivity index (χ0n) is 8.43. The topological polar surface area (TPSA) is 15.8 Å². The number of hydrogen-bond donors (Lipinski definition) is 1. The van der Waals surface area contributed by atoms with Gasteiger partial charge in [-0.25, -0.2) is 0 Å². The Labute approximate surface area is 90.6 Å². The van der Waals surface area contributed by atoms with Crippen LogP contribution in [0.1, 0.15) is 11.1 Å². The number of alkyl halides is 3. The van der Waals surface area contributed by atoms with E-state index in [9.17, 15) is 13.2 Å². The molecule has 0 saturated carbocycles. The smallest absolute Gasteiger partial charge is 0.360 e. The van der Waals surface area contributed by atoms with Gasteiger partial charge < -0.3 is 4.98 Å². The molecule has 0 radical (unpaired) electrons. The van der Waals surface area contributed by atoms with Gasteiger partial charge in [0.15, 0.2) is 0 Å². The van der Waals surface area contributed by atoms with E-state index in [0.717, 1.165) is 11.6 Å². The van der Waals surface area contributed by atoms with Crippen LogP contribution in [0.5, 0.6) is 0 Å². The van der Waals surface area contributed by atoms with Crippen molar-refractivity contribution in [2.24, 2.45) is 0 Å². The first-order valence-corrected chi connectivity index (χ1v) is 4.81. The molecule has 0 aliphatic rings. The van der Waals surface area contributed by atoms with Crippen LogP contribution in [0, 0.1) is 0 Å². The van der Waals surface area contributed by atoms with E-state index >= 15 is 0 Å². The number of allylic oxidation sites excluding steroid dienone is 1. The van der Waals surface area contributed by atoms with Crippen molar-refractivity contribution in [3.05, 3.63) is 48.2 Å². The van der Waals surface area contributed by atoms with Gasteiger partial charge in [0.05, 0.1) is 11.1 Å². The maximum Gasteiger partial charge on any atom is 0.418 e. The molecule has 0 bridgehead atoms. The normalized spacial score (nSPS) is 11.9. The van der Waals surface area contributed by atoms with Gasteiger partial charge in [0.1, 0.15) is 0 Å². The molecule has 84 valence electrons. The molecule has 0 fully saturated rings. The lowest BCUT2D eigenvalue weighted by atomic mass is 10.1. The van der Waals surface area contributed by atoms with Gasteiger partial charge in [0.2, 0.25) is 0 Å². The summed E-state index contributed by atoms with van der Waals surface area (Å²) in [4.78, 5) is 2.68. The summed E-state index contributed by atoms with van der Waals surface area (Å²) in [5.41, 5.74) is 0.350. The molecule has 2 aromatic rings.